The molecule has 0 fully saturated rings. The number of rotatable bonds is 6. The van der Waals surface area contributed by atoms with Gasteiger partial charge in [-0.3, -0.25) is 14.9 Å². The largest absolute Gasteiger partial charge is 0.497 e. The summed E-state index contributed by atoms with van der Waals surface area (Å²) in [6.07, 6.45) is 0. The van der Waals surface area contributed by atoms with E-state index in [-0.39, 0.29) is 11.6 Å². The standard InChI is InChI=1S/C17H18N2O5/c1-11(12-4-6-13(7-5-12)19(21)22)17(20)18-15-9-8-14(23-2)10-16(15)24-3/h4-11H,1-3H3,(H,18,20)/t11-/m0/s1. The number of benzene rings is 2. The van der Waals surface area contributed by atoms with Crippen molar-refractivity contribution in [2.75, 3.05) is 19.5 Å². The van der Waals surface area contributed by atoms with Gasteiger partial charge in [-0.05, 0) is 24.6 Å². The molecule has 2 rings (SSSR count). The molecule has 1 N–H and O–H groups in total. The lowest BCUT2D eigenvalue weighted by molar-refractivity contribution is -0.384. The maximum Gasteiger partial charge on any atom is 0.269 e. The van der Waals surface area contributed by atoms with E-state index in [9.17, 15) is 14.9 Å². The molecular weight excluding hydrogens is 312 g/mol. The van der Waals surface area contributed by atoms with Gasteiger partial charge >= 0.3 is 0 Å². The molecule has 0 aromatic heterocycles. The van der Waals surface area contributed by atoms with Crippen LogP contribution in [0.25, 0.3) is 0 Å². The average molecular weight is 330 g/mol. The summed E-state index contributed by atoms with van der Waals surface area (Å²) >= 11 is 0. The van der Waals surface area contributed by atoms with Crippen molar-refractivity contribution in [1.29, 1.82) is 0 Å². The Kier molecular flexibility index (Phi) is 5.36. The Bertz CT molecular complexity index is 743. The Morgan fingerprint density at radius 2 is 1.79 bits per heavy atom. The van der Waals surface area contributed by atoms with Gasteiger partial charge in [-0.2, -0.15) is 0 Å². The number of nitro benzene ring substituents is 1. The summed E-state index contributed by atoms with van der Waals surface area (Å²) in [5.74, 6) is 0.386. The molecule has 1 atom stereocenters. The van der Waals surface area contributed by atoms with Crippen molar-refractivity contribution in [3.05, 3.63) is 58.1 Å². The molecule has 126 valence electrons. The number of non-ortho nitro benzene ring substituents is 1. The normalized spacial score (nSPS) is 11.5. The molecule has 0 bridgehead atoms. The summed E-state index contributed by atoms with van der Waals surface area (Å²) in [4.78, 5) is 22.6. The van der Waals surface area contributed by atoms with Crippen LogP contribution in [0.1, 0.15) is 18.4 Å². The summed E-state index contributed by atoms with van der Waals surface area (Å²) in [5.41, 5.74) is 1.20. The van der Waals surface area contributed by atoms with Gasteiger partial charge in [0.15, 0.2) is 0 Å². The first-order valence-electron chi connectivity index (χ1n) is 7.23. The molecule has 0 spiro atoms. The van der Waals surface area contributed by atoms with Crippen LogP contribution in [-0.4, -0.2) is 25.1 Å². The number of nitrogens with one attached hydrogen (secondary N) is 1. The molecular formula is C17H18N2O5. The molecule has 7 heteroatoms. The number of amides is 1. The van der Waals surface area contributed by atoms with Gasteiger partial charge in [0.1, 0.15) is 11.5 Å². The van der Waals surface area contributed by atoms with Crippen LogP contribution in [0.15, 0.2) is 42.5 Å². The van der Waals surface area contributed by atoms with Crippen LogP contribution in [0.5, 0.6) is 11.5 Å². The average Bonchev–Trinajstić information content (AvgIpc) is 2.61. The van der Waals surface area contributed by atoms with Crippen LogP contribution >= 0.6 is 0 Å². The van der Waals surface area contributed by atoms with Crippen molar-refractivity contribution in [2.45, 2.75) is 12.8 Å². The number of nitrogens with zero attached hydrogens (tertiary/aromatic N) is 1. The fourth-order valence-corrected chi connectivity index (χ4v) is 2.18. The van der Waals surface area contributed by atoms with Crippen LogP contribution in [-0.2, 0) is 4.79 Å². The number of carbonyl (C=O) groups excluding carboxylic acids is 1. The highest BCUT2D eigenvalue weighted by Crippen LogP contribution is 2.30. The van der Waals surface area contributed by atoms with Gasteiger partial charge in [0.05, 0.1) is 30.7 Å². The number of hydrogen-bond acceptors (Lipinski definition) is 5. The van der Waals surface area contributed by atoms with Crippen molar-refractivity contribution in [1.82, 2.24) is 0 Å². The Labute approximate surface area is 139 Å². The minimum Gasteiger partial charge on any atom is -0.497 e. The maximum absolute atomic E-state index is 12.4. The number of nitro groups is 1. The molecule has 0 radical (unpaired) electrons. The van der Waals surface area contributed by atoms with Gasteiger partial charge in [-0.15, -0.1) is 0 Å². The molecule has 0 unspecified atom stereocenters. The van der Waals surface area contributed by atoms with E-state index in [0.717, 1.165) is 0 Å². The lowest BCUT2D eigenvalue weighted by atomic mass is 10.00. The van der Waals surface area contributed by atoms with Crippen molar-refractivity contribution in [3.63, 3.8) is 0 Å². The predicted molar refractivity (Wildman–Crippen MR) is 89.7 cm³/mol. The minimum absolute atomic E-state index is 0.0109. The van der Waals surface area contributed by atoms with Crippen LogP contribution in [0.2, 0.25) is 0 Å². The van der Waals surface area contributed by atoms with Gasteiger partial charge in [-0.25, -0.2) is 0 Å². The third-order valence-corrected chi connectivity index (χ3v) is 3.66. The Hall–Kier alpha value is -3.09. The quantitative estimate of drug-likeness (QED) is 0.648. The van der Waals surface area contributed by atoms with E-state index in [1.54, 1.807) is 44.4 Å². The van der Waals surface area contributed by atoms with E-state index in [0.29, 0.717) is 22.7 Å². The van der Waals surface area contributed by atoms with Gasteiger partial charge in [0.2, 0.25) is 5.91 Å². The van der Waals surface area contributed by atoms with Crippen LogP contribution in [0, 0.1) is 10.1 Å². The molecule has 0 aliphatic heterocycles. The molecule has 0 aliphatic rings. The lowest BCUT2D eigenvalue weighted by Crippen LogP contribution is -2.19. The van der Waals surface area contributed by atoms with Crippen molar-refractivity contribution in [3.8, 4) is 11.5 Å². The van der Waals surface area contributed by atoms with Crippen molar-refractivity contribution < 1.29 is 19.2 Å². The third-order valence-electron chi connectivity index (χ3n) is 3.66. The molecule has 0 heterocycles. The van der Waals surface area contributed by atoms with E-state index in [2.05, 4.69) is 5.32 Å². The molecule has 0 aliphatic carbocycles. The zero-order valence-corrected chi connectivity index (χ0v) is 13.6. The molecule has 1 amide bonds. The first-order valence-corrected chi connectivity index (χ1v) is 7.23. The molecule has 2 aromatic rings. The summed E-state index contributed by atoms with van der Waals surface area (Å²) in [7, 11) is 3.05. The molecule has 0 saturated heterocycles. The van der Waals surface area contributed by atoms with Crippen LogP contribution in [0.3, 0.4) is 0 Å². The van der Waals surface area contributed by atoms with E-state index in [4.69, 9.17) is 9.47 Å². The second-order valence-electron chi connectivity index (χ2n) is 5.13. The van der Waals surface area contributed by atoms with E-state index in [1.807, 2.05) is 0 Å². The third kappa shape index (κ3) is 3.81. The summed E-state index contributed by atoms with van der Waals surface area (Å²) < 4.78 is 10.4. The first-order chi connectivity index (χ1) is 11.5. The number of hydrogen-bond donors (Lipinski definition) is 1. The summed E-state index contributed by atoms with van der Waals surface area (Å²) in [5, 5.41) is 13.5. The van der Waals surface area contributed by atoms with Crippen LogP contribution < -0.4 is 14.8 Å². The highest BCUT2D eigenvalue weighted by Gasteiger charge is 2.18. The molecule has 0 saturated carbocycles. The molecule has 7 nitrogen and oxygen atoms in total. The zero-order valence-electron chi connectivity index (χ0n) is 13.6. The molecule has 2 aromatic carbocycles. The second-order valence-corrected chi connectivity index (χ2v) is 5.13. The van der Waals surface area contributed by atoms with Gasteiger partial charge in [0, 0.05) is 18.2 Å². The van der Waals surface area contributed by atoms with E-state index in [1.165, 1.54) is 19.2 Å². The van der Waals surface area contributed by atoms with Crippen molar-refractivity contribution >= 4 is 17.3 Å². The summed E-state index contributed by atoms with van der Waals surface area (Å²) in [6, 6.07) is 11.0. The predicted octanol–water partition coefficient (Wildman–Crippen LogP) is 3.35. The van der Waals surface area contributed by atoms with Gasteiger partial charge in [-0.1, -0.05) is 12.1 Å². The number of ether oxygens (including phenoxy) is 2. The lowest BCUT2D eigenvalue weighted by Gasteiger charge is -2.15. The van der Waals surface area contributed by atoms with Gasteiger partial charge < -0.3 is 14.8 Å². The van der Waals surface area contributed by atoms with E-state index < -0.39 is 10.8 Å². The number of anilines is 1. The monoisotopic (exact) mass is 330 g/mol. The fraction of sp³-hybridized carbons (Fsp3) is 0.235. The van der Waals surface area contributed by atoms with Gasteiger partial charge in [0.25, 0.3) is 5.69 Å². The Morgan fingerprint density at radius 3 is 2.33 bits per heavy atom. The molecule has 24 heavy (non-hydrogen) atoms. The minimum atomic E-state index is -0.475. The second kappa shape index (κ2) is 7.45. The Balaban J connectivity index is 2.15. The highest BCUT2D eigenvalue weighted by atomic mass is 16.6. The topological polar surface area (TPSA) is 90.7 Å². The van der Waals surface area contributed by atoms with E-state index >= 15 is 0 Å². The Morgan fingerprint density at radius 1 is 1.12 bits per heavy atom. The highest BCUT2D eigenvalue weighted by molar-refractivity contribution is 5.96. The van der Waals surface area contributed by atoms with Crippen molar-refractivity contribution in [2.24, 2.45) is 0 Å². The summed E-state index contributed by atoms with van der Waals surface area (Å²) in [6.45, 7) is 1.73. The first kappa shape index (κ1) is 17.3. The smallest absolute Gasteiger partial charge is 0.269 e. The zero-order chi connectivity index (χ0) is 17.7. The number of methoxy groups -OCH3 is 2. The maximum atomic E-state index is 12.4. The SMILES string of the molecule is COc1ccc(NC(=O)[C@@H](C)c2ccc([N+](=O)[O-])cc2)c(OC)c1. The fourth-order valence-electron chi connectivity index (χ4n) is 2.18. The number of carbonyl (C=O) groups is 1. The van der Waals surface area contributed by atoms with Crippen LogP contribution in [0.4, 0.5) is 11.4 Å².